The Morgan fingerprint density at radius 2 is 2.10 bits per heavy atom. The van der Waals surface area contributed by atoms with E-state index in [-0.39, 0.29) is 6.04 Å². The minimum Gasteiger partial charge on any atom is -0.496 e. The monoisotopic (exact) mass is 286 g/mol. The van der Waals surface area contributed by atoms with Crippen LogP contribution in [-0.2, 0) is 13.1 Å². The number of nitrogens with one attached hydrogen (secondary N) is 1. The number of aryl methyl sites for hydroxylation is 2. The maximum atomic E-state index is 5.48. The van der Waals surface area contributed by atoms with Gasteiger partial charge in [-0.3, -0.25) is 0 Å². The molecule has 1 heterocycles. The zero-order valence-corrected chi connectivity index (χ0v) is 13.5. The van der Waals surface area contributed by atoms with Gasteiger partial charge in [0, 0.05) is 36.6 Å². The van der Waals surface area contributed by atoms with Gasteiger partial charge in [0.15, 0.2) is 0 Å². The second-order valence-corrected chi connectivity index (χ2v) is 5.54. The van der Waals surface area contributed by atoms with Crippen LogP contribution < -0.4 is 10.1 Å². The van der Waals surface area contributed by atoms with E-state index >= 15 is 0 Å². The van der Waals surface area contributed by atoms with Gasteiger partial charge in [-0.2, -0.15) is 0 Å². The van der Waals surface area contributed by atoms with Crippen LogP contribution in [0.15, 0.2) is 36.5 Å². The van der Waals surface area contributed by atoms with Crippen LogP contribution in [0.4, 0.5) is 0 Å². The Bertz CT molecular complexity index is 574. The van der Waals surface area contributed by atoms with Crippen molar-refractivity contribution in [1.29, 1.82) is 0 Å². The second kappa shape index (κ2) is 7.32. The number of ether oxygens (including phenoxy) is 1. The van der Waals surface area contributed by atoms with E-state index in [0.717, 1.165) is 25.3 Å². The van der Waals surface area contributed by atoms with Crippen molar-refractivity contribution in [2.75, 3.05) is 7.11 Å². The van der Waals surface area contributed by atoms with Crippen LogP contribution in [0.25, 0.3) is 0 Å². The molecule has 114 valence electrons. The second-order valence-electron chi connectivity index (χ2n) is 5.54. The maximum Gasteiger partial charge on any atom is 0.123 e. The zero-order chi connectivity index (χ0) is 15.2. The number of benzene rings is 1. The molecule has 1 unspecified atom stereocenters. The highest BCUT2D eigenvalue weighted by Gasteiger charge is 2.12. The topological polar surface area (TPSA) is 26.2 Å². The summed E-state index contributed by atoms with van der Waals surface area (Å²) in [5, 5.41) is 3.60. The van der Waals surface area contributed by atoms with E-state index in [0.29, 0.717) is 0 Å². The molecule has 3 nitrogen and oxygen atoms in total. The van der Waals surface area contributed by atoms with Gasteiger partial charge in [-0.25, -0.2) is 0 Å². The van der Waals surface area contributed by atoms with Gasteiger partial charge in [-0.1, -0.05) is 24.6 Å². The molecule has 2 rings (SSSR count). The molecule has 0 fully saturated rings. The van der Waals surface area contributed by atoms with Crippen LogP contribution >= 0.6 is 0 Å². The molecule has 0 spiro atoms. The molecule has 0 bridgehead atoms. The van der Waals surface area contributed by atoms with Crippen LogP contribution in [0.1, 0.15) is 43.1 Å². The fourth-order valence-electron chi connectivity index (χ4n) is 2.63. The molecule has 0 saturated carbocycles. The molecule has 0 aliphatic rings. The average molecular weight is 286 g/mol. The van der Waals surface area contributed by atoms with Gasteiger partial charge in [-0.05, 0) is 38.5 Å². The van der Waals surface area contributed by atoms with Crippen molar-refractivity contribution >= 4 is 0 Å². The summed E-state index contributed by atoms with van der Waals surface area (Å²) in [5.74, 6) is 0.949. The predicted molar refractivity (Wildman–Crippen MR) is 87.7 cm³/mol. The Kier molecular flexibility index (Phi) is 5.45. The Balaban J connectivity index is 2.06. The molecule has 1 aromatic heterocycles. The molecule has 0 amide bonds. The molecule has 0 aliphatic heterocycles. The Labute approximate surface area is 127 Å². The van der Waals surface area contributed by atoms with Crippen molar-refractivity contribution in [3.05, 3.63) is 53.3 Å². The predicted octanol–water partition coefficient (Wildman–Crippen LogP) is 4.07. The quantitative estimate of drug-likeness (QED) is 0.830. The van der Waals surface area contributed by atoms with Gasteiger partial charge < -0.3 is 14.6 Å². The van der Waals surface area contributed by atoms with Gasteiger partial charge in [0.2, 0.25) is 0 Å². The Hall–Kier alpha value is -1.74. The van der Waals surface area contributed by atoms with Crippen molar-refractivity contribution in [3.8, 4) is 5.75 Å². The summed E-state index contributed by atoms with van der Waals surface area (Å²) in [6.07, 6.45) is 3.31. The summed E-state index contributed by atoms with van der Waals surface area (Å²) >= 11 is 0. The van der Waals surface area contributed by atoms with Crippen LogP contribution in [0.2, 0.25) is 0 Å². The van der Waals surface area contributed by atoms with E-state index in [1.54, 1.807) is 7.11 Å². The molecule has 1 atom stereocenters. The summed E-state index contributed by atoms with van der Waals surface area (Å²) in [6, 6.07) is 10.9. The number of rotatable bonds is 7. The lowest BCUT2D eigenvalue weighted by atomic mass is 10.0. The normalized spacial score (nSPS) is 12.4. The molecule has 0 aliphatic carbocycles. The summed E-state index contributed by atoms with van der Waals surface area (Å²) in [7, 11) is 1.73. The van der Waals surface area contributed by atoms with Crippen molar-refractivity contribution in [3.63, 3.8) is 0 Å². The Morgan fingerprint density at radius 1 is 1.29 bits per heavy atom. The molecule has 0 saturated heterocycles. The van der Waals surface area contributed by atoms with E-state index in [1.165, 1.54) is 16.8 Å². The first-order chi connectivity index (χ1) is 10.2. The summed E-state index contributed by atoms with van der Waals surface area (Å²) in [5.41, 5.74) is 3.80. The van der Waals surface area contributed by atoms with Crippen LogP contribution in [0.5, 0.6) is 5.75 Å². The zero-order valence-electron chi connectivity index (χ0n) is 13.5. The summed E-state index contributed by atoms with van der Waals surface area (Å²) in [6.45, 7) is 8.45. The van der Waals surface area contributed by atoms with E-state index in [4.69, 9.17) is 4.74 Å². The maximum absolute atomic E-state index is 5.48. The van der Waals surface area contributed by atoms with Gasteiger partial charge in [-0.15, -0.1) is 0 Å². The third-order valence-corrected chi connectivity index (χ3v) is 3.83. The SMILES string of the molecule is CCCn1cccc1CNC(C)c1cc(C)ccc1OC. The lowest BCUT2D eigenvalue weighted by Gasteiger charge is -2.18. The van der Waals surface area contributed by atoms with Crippen molar-refractivity contribution < 1.29 is 4.74 Å². The van der Waals surface area contributed by atoms with E-state index in [2.05, 4.69) is 61.1 Å². The van der Waals surface area contributed by atoms with Crippen molar-refractivity contribution in [2.24, 2.45) is 0 Å². The van der Waals surface area contributed by atoms with Crippen molar-refractivity contribution in [2.45, 2.75) is 46.3 Å². The molecule has 3 heteroatoms. The highest BCUT2D eigenvalue weighted by molar-refractivity contribution is 5.38. The van der Waals surface area contributed by atoms with E-state index in [9.17, 15) is 0 Å². The minimum absolute atomic E-state index is 0.254. The fourth-order valence-corrected chi connectivity index (χ4v) is 2.63. The molecule has 1 aromatic carbocycles. The summed E-state index contributed by atoms with van der Waals surface area (Å²) in [4.78, 5) is 0. The first-order valence-corrected chi connectivity index (χ1v) is 7.67. The molecule has 1 N–H and O–H groups in total. The lowest BCUT2D eigenvalue weighted by molar-refractivity contribution is 0.400. The number of hydrogen-bond acceptors (Lipinski definition) is 2. The fraction of sp³-hybridized carbons (Fsp3) is 0.444. The number of methoxy groups -OCH3 is 1. The van der Waals surface area contributed by atoms with Crippen molar-refractivity contribution in [1.82, 2.24) is 9.88 Å². The van der Waals surface area contributed by atoms with Crippen LogP contribution in [0, 0.1) is 6.92 Å². The number of aromatic nitrogens is 1. The van der Waals surface area contributed by atoms with E-state index < -0.39 is 0 Å². The largest absolute Gasteiger partial charge is 0.496 e. The summed E-state index contributed by atoms with van der Waals surface area (Å²) < 4.78 is 7.79. The van der Waals surface area contributed by atoms with Gasteiger partial charge >= 0.3 is 0 Å². The first kappa shape index (κ1) is 15.6. The standard InChI is InChI=1S/C18H26N2O/c1-5-10-20-11-6-7-16(20)13-19-15(3)17-12-14(2)8-9-18(17)21-4/h6-9,11-12,15,19H,5,10,13H2,1-4H3. The molecule has 21 heavy (non-hydrogen) atoms. The third kappa shape index (κ3) is 3.88. The molecule has 2 aromatic rings. The van der Waals surface area contributed by atoms with Gasteiger partial charge in [0.05, 0.1) is 7.11 Å². The third-order valence-electron chi connectivity index (χ3n) is 3.83. The Morgan fingerprint density at radius 3 is 2.81 bits per heavy atom. The van der Waals surface area contributed by atoms with E-state index in [1.807, 2.05) is 6.07 Å². The first-order valence-electron chi connectivity index (χ1n) is 7.67. The average Bonchev–Trinajstić information content (AvgIpc) is 2.92. The molecule has 0 radical (unpaired) electrons. The van der Waals surface area contributed by atoms with Gasteiger partial charge in [0.25, 0.3) is 0 Å². The van der Waals surface area contributed by atoms with Crippen LogP contribution in [0.3, 0.4) is 0 Å². The van der Waals surface area contributed by atoms with Gasteiger partial charge in [0.1, 0.15) is 5.75 Å². The molecular formula is C18H26N2O. The number of nitrogens with zero attached hydrogens (tertiary/aromatic N) is 1. The highest BCUT2D eigenvalue weighted by atomic mass is 16.5. The lowest BCUT2D eigenvalue weighted by Crippen LogP contribution is -2.20. The molecular weight excluding hydrogens is 260 g/mol. The van der Waals surface area contributed by atoms with Crippen LogP contribution in [-0.4, -0.2) is 11.7 Å². The smallest absolute Gasteiger partial charge is 0.123 e. The minimum atomic E-state index is 0.254. The number of hydrogen-bond donors (Lipinski definition) is 1. The highest BCUT2D eigenvalue weighted by Crippen LogP contribution is 2.26.